The van der Waals surface area contributed by atoms with Gasteiger partial charge in [0.1, 0.15) is 11.6 Å². The molecule has 26 heavy (non-hydrogen) atoms. The Morgan fingerprint density at radius 2 is 1.85 bits per heavy atom. The summed E-state index contributed by atoms with van der Waals surface area (Å²) in [6.45, 7) is 0.827. The van der Waals surface area contributed by atoms with Crippen LogP contribution in [0.1, 0.15) is 44.0 Å². The molecule has 2 heterocycles. The average Bonchev–Trinajstić information content (AvgIpc) is 3.26. The van der Waals surface area contributed by atoms with E-state index in [1.54, 1.807) is 0 Å². The zero-order chi connectivity index (χ0) is 17.5. The molecule has 2 fully saturated rings. The summed E-state index contributed by atoms with van der Waals surface area (Å²) in [5, 5.41) is 0. The molecule has 1 unspecified atom stereocenters. The summed E-state index contributed by atoms with van der Waals surface area (Å²) in [5.74, 6) is 1.21. The maximum Gasteiger partial charge on any atom is 0.226 e. The van der Waals surface area contributed by atoms with Crippen molar-refractivity contribution in [3.05, 3.63) is 54.4 Å². The molecule has 4 heteroatoms. The Kier molecular flexibility index (Phi) is 3.77. The topological polar surface area (TPSA) is 46.3 Å². The number of carbonyl (C=O) groups is 1. The van der Waals surface area contributed by atoms with Crippen LogP contribution in [0.2, 0.25) is 0 Å². The van der Waals surface area contributed by atoms with Crippen LogP contribution in [0.25, 0.3) is 22.2 Å². The van der Waals surface area contributed by atoms with Gasteiger partial charge in [0.15, 0.2) is 5.58 Å². The lowest BCUT2D eigenvalue weighted by molar-refractivity contribution is -0.139. The van der Waals surface area contributed by atoms with Gasteiger partial charge < -0.3 is 9.32 Å². The molecule has 132 valence electrons. The molecular weight excluding hydrogens is 324 g/mol. The summed E-state index contributed by atoms with van der Waals surface area (Å²) < 4.78 is 6.05. The highest BCUT2D eigenvalue weighted by Gasteiger charge is 2.38. The van der Waals surface area contributed by atoms with Crippen molar-refractivity contribution in [1.82, 2.24) is 9.88 Å². The Labute approximate surface area is 152 Å². The Morgan fingerprint density at radius 1 is 1.00 bits per heavy atom. The first-order chi connectivity index (χ1) is 12.8. The second-order valence-corrected chi connectivity index (χ2v) is 7.42. The molecule has 0 N–H and O–H groups in total. The van der Waals surface area contributed by atoms with Gasteiger partial charge in [0.25, 0.3) is 0 Å². The Morgan fingerprint density at radius 3 is 2.62 bits per heavy atom. The van der Waals surface area contributed by atoms with Gasteiger partial charge in [0.05, 0.1) is 0 Å². The SMILES string of the molecule is O=C(C1CCC1)N1CCCC1c1nc2cc(-c3ccccc3)ccc2o1. The first kappa shape index (κ1) is 15.6. The molecule has 1 aliphatic heterocycles. The van der Waals surface area contributed by atoms with Crippen LogP contribution >= 0.6 is 0 Å². The summed E-state index contributed by atoms with van der Waals surface area (Å²) >= 11 is 0. The van der Waals surface area contributed by atoms with E-state index in [1.165, 1.54) is 12.0 Å². The minimum Gasteiger partial charge on any atom is -0.438 e. The van der Waals surface area contributed by atoms with E-state index in [9.17, 15) is 4.79 Å². The minimum atomic E-state index is -0.00400. The molecule has 0 bridgehead atoms. The number of hydrogen-bond donors (Lipinski definition) is 0. The molecule has 1 saturated heterocycles. The molecule has 3 aromatic rings. The van der Waals surface area contributed by atoms with E-state index in [1.807, 2.05) is 29.2 Å². The van der Waals surface area contributed by atoms with Crippen LogP contribution in [-0.2, 0) is 4.79 Å². The molecule has 2 aromatic carbocycles. The number of hydrogen-bond acceptors (Lipinski definition) is 3. The number of fused-ring (bicyclic) bond motifs is 1. The fourth-order valence-corrected chi connectivity index (χ4v) is 4.07. The molecule has 1 saturated carbocycles. The molecule has 1 aromatic heterocycles. The molecule has 1 amide bonds. The van der Waals surface area contributed by atoms with Gasteiger partial charge in [0, 0.05) is 12.5 Å². The van der Waals surface area contributed by atoms with Crippen molar-refractivity contribution < 1.29 is 9.21 Å². The third-order valence-corrected chi connectivity index (χ3v) is 5.79. The zero-order valence-electron chi connectivity index (χ0n) is 14.7. The Balaban J connectivity index is 1.46. The number of aromatic nitrogens is 1. The maximum atomic E-state index is 12.7. The van der Waals surface area contributed by atoms with Crippen molar-refractivity contribution in [1.29, 1.82) is 0 Å². The quantitative estimate of drug-likeness (QED) is 0.673. The normalized spacial score (nSPS) is 20.5. The van der Waals surface area contributed by atoms with Gasteiger partial charge in [-0.2, -0.15) is 0 Å². The molecule has 4 nitrogen and oxygen atoms in total. The van der Waals surface area contributed by atoms with Crippen molar-refractivity contribution in [2.75, 3.05) is 6.54 Å². The monoisotopic (exact) mass is 346 g/mol. The lowest BCUT2D eigenvalue weighted by atomic mass is 9.84. The number of likely N-dealkylation sites (tertiary alicyclic amines) is 1. The molecule has 1 atom stereocenters. The second-order valence-electron chi connectivity index (χ2n) is 7.42. The number of oxazole rings is 1. The van der Waals surface area contributed by atoms with Crippen molar-refractivity contribution in [3.8, 4) is 11.1 Å². The molecule has 1 aliphatic carbocycles. The minimum absolute atomic E-state index is 0.00400. The number of rotatable bonds is 3. The first-order valence-corrected chi connectivity index (χ1v) is 9.56. The molecule has 2 aliphatic rings. The maximum absolute atomic E-state index is 12.7. The summed E-state index contributed by atoms with van der Waals surface area (Å²) in [6.07, 6.45) is 5.22. The molecule has 5 rings (SSSR count). The van der Waals surface area contributed by atoms with Gasteiger partial charge in [-0.25, -0.2) is 4.98 Å². The van der Waals surface area contributed by atoms with E-state index >= 15 is 0 Å². The number of benzene rings is 2. The lowest BCUT2D eigenvalue weighted by Crippen LogP contribution is -2.38. The Hall–Kier alpha value is -2.62. The number of amides is 1. The predicted octanol–water partition coefficient (Wildman–Crippen LogP) is 4.96. The van der Waals surface area contributed by atoms with Crippen LogP contribution in [0.5, 0.6) is 0 Å². The van der Waals surface area contributed by atoms with Gasteiger partial charge in [-0.1, -0.05) is 42.8 Å². The van der Waals surface area contributed by atoms with Gasteiger partial charge in [-0.15, -0.1) is 0 Å². The van der Waals surface area contributed by atoms with Crippen molar-refractivity contribution >= 4 is 17.0 Å². The summed E-state index contributed by atoms with van der Waals surface area (Å²) in [6, 6.07) is 16.4. The van der Waals surface area contributed by atoms with Gasteiger partial charge in [-0.3, -0.25) is 4.79 Å². The van der Waals surface area contributed by atoms with Crippen molar-refractivity contribution in [2.24, 2.45) is 5.92 Å². The van der Waals surface area contributed by atoms with Gasteiger partial charge in [0.2, 0.25) is 11.8 Å². The fraction of sp³-hybridized carbons (Fsp3) is 0.364. The second kappa shape index (κ2) is 6.27. The van der Waals surface area contributed by atoms with E-state index in [0.717, 1.165) is 48.9 Å². The van der Waals surface area contributed by atoms with E-state index in [-0.39, 0.29) is 12.0 Å². The van der Waals surface area contributed by atoms with Crippen LogP contribution < -0.4 is 0 Å². The van der Waals surface area contributed by atoms with E-state index in [0.29, 0.717) is 11.8 Å². The van der Waals surface area contributed by atoms with E-state index in [4.69, 9.17) is 9.40 Å². The largest absolute Gasteiger partial charge is 0.438 e. The molecular formula is C22H22N2O2. The highest BCUT2D eigenvalue weighted by molar-refractivity contribution is 5.82. The number of nitrogens with zero attached hydrogens (tertiary/aromatic N) is 2. The average molecular weight is 346 g/mol. The highest BCUT2D eigenvalue weighted by Crippen LogP contribution is 2.38. The van der Waals surface area contributed by atoms with Gasteiger partial charge in [-0.05, 0) is 48.9 Å². The highest BCUT2D eigenvalue weighted by atomic mass is 16.3. The molecule has 0 radical (unpaired) electrons. The smallest absolute Gasteiger partial charge is 0.226 e. The summed E-state index contributed by atoms with van der Waals surface area (Å²) in [4.78, 5) is 19.5. The predicted molar refractivity (Wildman–Crippen MR) is 100 cm³/mol. The molecule has 0 spiro atoms. The summed E-state index contributed by atoms with van der Waals surface area (Å²) in [7, 11) is 0. The summed E-state index contributed by atoms with van der Waals surface area (Å²) in [5.41, 5.74) is 3.96. The number of carbonyl (C=O) groups excluding carboxylic acids is 1. The Bertz CT molecular complexity index is 943. The standard InChI is InChI=1S/C22H22N2O2/c25-22(16-8-4-9-16)24-13-5-10-19(24)21-23-18-14-17(11-12-20(18)26-21)15-6-2-1-3-7-15/h1-3,6-7,11-12,14,16,19H,4-5,8-10,13H2. The van der Waals surface area contributed by atoms with Crippen LogP contribution in [-0.4, -0.2) is 22.3 Å². The zero-order valence-corrected chi connectivity index (χ0v) is 14.7. The van der Waals surface area contributed by atoms with Gasteiger partial charge >= 0.3 is 0 Å². The lowest BCUT2D eigenvalue weighted by Gasteiger charge is -2.31. The van der Waals surface area contributed by atoms with E-state index in [2.05, 4.69) is 24.3 Å². The van der Waals surface area contributed by atoms with Crippen LogP contribution in [0, 0.1) is 5.92 Å². The fourth-order valence-electron chi connectivity index (χ4n) is 4.07. The van der Waals surface area contributed by atoms with Crippen LogP contribution in [0.3, 0.4) is 0 Å². The van der Waals surface area contributed by atoms with E-state index < -0.39 is 0 Å². The third-order valence-electron chi connectivity index (χ3n) is 5.79. The third kappa shape index (κ3) is 2.61. The van der Waals surface area contributed by atoms with Crippen LogP contribution in [0.15, 0.2) is 52.9 Å². The first-order valence-electron chi connectivity index (χ1n) is 9.56. The van der Waals surface area contributed by atoms with Crippen molar-refractivity contribution in [2.45, 2.75) is 38.1 Å². The van der Waals surface area contributed by atoms with Crippen molar-refractivity contribution in [3.63, 3.8) is 0 Å². The van der Waals surface area contributed by atoms with Crippen LogP contribution in [0.4, 0.5) is 0 Å².